The molecule has 0 aliphatic rings. The van der Waals surface area contributed by atoms with Crippen molar-refractivity contribution in [2.24, 2.45) is 5.73 Å². The van der Waals surface area contributed by atoms with Gasteiger partial charge in [-0.3, -0.25) is 10.5 Å². The van der Waals surface area contributed by atoms with Crippen molar-refractivity contribution in [2.45, 2.75) is 31.2 Å². The minimum atomic E-state index is -5.29. The van der Waals surface area contributed by atoms with Gasteiger partial charge in [-0.15, -0.1) is 12.6 Å². The summed E-state index contributed by atoms with van der Waals surface area (Å²) < 4.78 is 44.2. The Labute approximate surface area is 117 Å². The summed E-state index contributed by atoms with van der Waals surface area (Å²) in [7, 11) is 0. The molecule has 0 saturated heterocycles. The SMILES string of the molecule is CC(=O)NCC(S)OC(=O)[C@](C)(N)OC(=O)C(F)(F)F. The Morgan fingerprint density at radius 1 is 1.30 bits per heavy atom. The summed E-state index contributed by atoms with van der Waals surface area (Å²) in [6.07, 6.45) is -5.29. The number of rotatable bonds is 5. The molecule has 0 aromatic carbocycles. The molecule has 2 atom stereocenters. The van der Waals surface area contributed by atoms with Gasteiger partial charge >= 0.3 is 18.1 Å². The van der Waals surface area contributed by atoms with Crippen LogP contribution in [0.15, 0.2) is 0 Å². The first-order chi connectivity index (χ1) is 8.86. The molecule has 3 N–H and O–H groups in total. The van der Waals surface area contributed by atoms with Gasteiger partial charge in [0.1, 0.15) is 0 Å². The number of hydrogen-bond acceptors (Lipinski definition) is 7. The minimum absolute atomic E-state index is 0.201. The van der Waals surface area contributed by atoms with Crippen LogP contribution in [0, 0.1) is 0 Å². The summed E-state index contributed by atoms with van der Waals surface area (Å²) in [6.45, 7) is 1.71. The van der Waals surface area contributed by atoms with Crippen molar-refractivity contribution in [3.8, 4) is 0 Å². The fourth-order valence-electron chi connectivity index (χ4n) is 0.805. The number of thiol groups is 1. The highest BCUT2D eigenvalue weighted by molar-refractivity contribution is 7.80. The van der Waals surface area contributed by atoms with Gasteiger partial charge in [-0.05, 0) is 0 Å². The molecule has 0 aromatic heterocycles. The normalized spacial score (nSPS) is 15.8. The van der Waals surface area contributed by atoms with Crippen molar-refractivity contribution >= 4 is 30.5 Å². The Hall–Kier alpha value is -1.49. The molecule has 0 heterocycles. The molecular weight excluding hydrogens is 305 g/mol. The average Bonchev–Trinajstić information content (AvgIpc) is 2.24. The molecule has 0 saturated carbocycles. The largest absolute Gasteiger partial charge is 0.491 e. The first-order valence-electron chi connectivity index (χ1n) is 5.09. The van der Waals surface area contributed by atoms with Gasteiger partial charge < -0.3 is 14.8 Å². The van der Waals surface area contributed by atoms with Crippen LogP contribution in [-0.4, -0.2) is 41.7 Å². The van der Waals surface area contributed by atoms with E-state index >= 15 is 0 Å². The number of amides is 1. The average molecular weight is 318 g/mol. The van der Waals surface area contributed by atoms with Crippen molar-refractivity contribution in [3.63, 3.8) is 0 Å². The second-order valence-corrected chi connectivity index (χ2v) is 4.37. The van der Waals surface area contributed by atoms with Crippen LogP contribution in [0.2, 0.25) is 0 Å². The zero-order valence-corrected chi connectivity index (χ0v) is 11.4. The summed E-state index contributed by atoms with van der Waals surface area (Å²) in [5, 5.41) is 2.25. The van der Waals surface area contributed by atoms with Gasteiger partial charge in [-0.2, -0.15) is 13.2 Å². The fraction of sp³-hybridized carbons (Fsp3) is 0.667. The molecule has 0 spiro atoms. The van der Waals surface area contributed by atoms with Crippen molar-refractivity contribution in [1.82, 2.24) is 5.32 Å². The first kappa shape index (κ1) is 18.5. The fourth-order valence-corrected chi connectivity index (χ4v) is 0.992. The third kappa shape index (κ3) is 6.61. The topological polar surface area (TPSA) is 108 Å². The smallest absolute Gasteiger partial charge is 0.446 e. The van der Waals surface area contributed by atoms with E-state index in [4.69, 9.17) is 5.73 Å². The maximum absolute atomic E-state index is 12.0. The van der Waals surface area contributed by atoms with Crippen molar-refractivity contribution in [2.75, 3.05) is 6.54 Å². The molecule has 0 radical (unpaired) electrons. The van der Waals surface area contributed by atoms with E-state index in [2.05, 4.69) is 27.4 Å². The van der Waals surface area contributed by atoms with E-state index in [1.54, 1.807) is 0 Å². The number of nitrogens with one attached hydrogen (secondary N) is 1. The second kappa shape index (κ2) is 6.79. The molecule has 116 valence electrons. The molecule has 11 heteroatoms. The van der Waals surface area contributed by atoms with Gasteiger partial charge in [0, 0.05) is 13.8 Å². The summed E-state index contributed by atoms with van der Waals surface area (Å²) in [5.74, 6) is -4.50. The molecule has 0 rings (SSSR count). The standard InChI is InChI=1S/C9H13F3N2O5S/c1-4(15)14-3-5(20)18-6(16)8(2,13)19-7(17)9(10,11)12/h5,20H,3,13H2,1-2H3,(H,14,15)/t5?,8-/m1/s1. The molecule has 0 aliphatic heterocycles. The third-order valence-corrected chi connectivity index (χ3v) is 2.00. The van der Waals surface area contributed by atoms with Gasteiger partial charge in [0.15, 0.2) is 5.44 Å². The molecule has 0 bridgehead atoms. The molecule has 20 heavy (non-hydrogen) atoms. The summed E-state index contributed by atoms with van der Waals surface area (Å²) in [5.41, 5.74) is 1.32. The van der Waals surface area contributed by atoms with Crippen molar-refractivity contribution in [1.29, 1.82) is 0 Å². The van der Waals surface area contributed by atoms with Gasteiger partial charge in [-0.1, -0.05) is 0 Å². The number of carbonyl (C=O) groups excluding carboxylic acids is 3. The van der Waals surface area contributed by atoms with Crippen LogP contribution in [0.25, 0.3) is 0 Å². The van der Waals surface area contributed by atoms with Gasteiger partial charge in [-0.25, -0.2) is 9.59 Å². The van der Waals surface area contributed by atoms with Crippen LogP contribution in [0.5, 0.6) is 0 Å². The predicted molar refractivity (Wildman–Crippen MR) is 62.3 cm³/mol. The third-order valence-electron chi connectivity index (χ3n) is 1.71. The van der Waals surface area contributed by atoms with E-state index in [1.165, 1.54) is 6.92 Å². The Kier molecular flexibility index (Phi) is 6.29. The lowest BCUT2D eigenvalue weighted by Gasteiger charge is -2.24. The van der Waals surface area contributed by atoms with Crippen LogP contribution in [0.1, 0.15) is 13.8 Å². The van der Waals surface area contributed by atoms with E-state index in [-0.39, 0.29) is 6.54 Å². The monoisotopic (exact) mass is 318 g/mol. The summed E-state index contributed by atoms with van der Waals surface area (Å²) in [6, 6.07) is 0. The summed E-state index contributed by atoms with van der Waals surface area (Å²) in [4.78, 5) is 32.6. The highest BCUT2D eigenvalue weighted by Crippen LogP contribution is 2.20. The lowest BCUT2D eigenvalue weighted by molar-refractivity contribution is -0.217. The number of alkyl halides is 3. The Bertz CT molecular complexity index is 400. The van der Waals surface area contributed by atoms with Crippen LogP contribution >= 0.6 is 12.6 Å². The Morgan fingerprint density at radius 3 is 2.20 bits per heavy atom. The lowest BCUT2D eigenvalue weighted by Crippen LogP contribution is -2.53. The maximum atomic E-state index is 12.0. The number of nitrogens with two attached hydrogens (primary N) is 1. The maximum Gasteiger partial charge on any atom is 0.491 e. The van der Waals surface area contributed by atoms with Crippen molar-refractivity contribution in [3.05, 3.63) is 0 Å². The Balaban J connectivity index is 4.51. The van der Waals surface area contributed by atoms with E-state index in [0.717, 1.165) is 6.92 Å². The minimum Gasteiger partial charge on any atom is -0.446 e. The molecule has 0 aromatic rings. The molecule has 0 fully saturated rings. The number of esters is 2. The predicted octanol–water partition coefficient (Wildman–Crippen LogP) is -0.298. The number of carbonyl (C=O) groups is 3. The van der Waals surface area contributed by atoms with E-state index in [0.29, 0.717) is 0 Å². The van der Waals surface area contributed by atoms with Crippen LogP contribution in [0.4, 0.5) is 13.2 Å². The number of halogens is 3. The van der Waals surface area contributed by atoms with Gasteiger partial charge in [0.05, 0.1) is 6.54 Å². The lowest BCUT2D eigenvalue weighted by atomic mass is 10.3. The molecule has 7 nitrogen and oxygen atoms in total. The van der Waals surface area contributed by atoms with Crippen LogP contribution < -0.4 is 11.1 Å². The van der Waals surface area contributed by atoms with E-state index in [9.17, 15) is 27.6 Å². The van der Waals surface area contributed by atoms with Crippen LogP contribution in [0.3, 0.4) is 0 Å². The molecule has 1 amide bonds. The zero-order valence-electron chi connectivity index (χ0n) is 10.5. The van der Waals surface area contributed by atoms with Crippen LogP contribution in [-0.2, 0) is 23.9 Å². The highest BCUT2D eigenvalue weighted by Gasteiger charge is 2.47. The van der Waals surface area contributed by atoms with Gasteiger partial charge in [0.25, 0.3) is 5.72 Å². The Morgan fingerprint density at radius 2 is 1.80 bits per heavy atom. The highest BCUT2D eigenvalue weighted by atomic mass is 32.1. The van der Waals surface area contributed by atoms with Crippen molar-refractivity contribution < 1.29 is 37.0 Å². The number of ether oxygens (including phenoxy) is 2. The van der Waals surface area contributed by atoms with E-state index in [1.807, 2.05) is 0 Å². The second-order valence-electron chi connectivity index (χ2n) is 3.79. The summed E-state index contributed by atoms with van der Waals surface area (Å²) >= 11 is 3.75. The first-order valence-corrected chi connectivity index (χ1v) is 5.60. The number of hydrogen-bond donors (Lipinski definition) is 3. The molecule has 1 unspecified atom stereocenters. The van der Waals surface area contributed by atoms with E-state index < -0.39 is 35.2 Å². The zero-order chi connectivity index (χ0) is 16.1. The quantitative estimate of drug-likeness (QED) is 0.365. The molecular formula is C9H13F3N2O5S. The van der Waals surface area contributed by atoms with Gasteiger partial charge in [0.2, 0.25) is 5.91 Å². The molecule has 0 aliphatic carbocycles.